The molecular weight excluding hydrogens is 410 g/mol. The minimum Gasteiger partial charge on any atom is -0.341 e. The van der Waals surface area contributed by atoms with Crippen molar-refractivity contribution < 1.29 is 19.2 Å². The Kier molecular flexibility index (Phi) is 5.89. The van der Waals surface area contributed by atoms with Crippen molar-refractivity contribution in [3.63, 3.8) is 0 Å². The Morgan fingerprint density at radius 3 is 2.44 bits per heavy atom. The van der Waals surface area contributed by atoms with Gasteiger partial charge in [-0.25, -0.2) is 4.79 Å². The van der Waals surface area contributed by atoms with Crippen LogP contribution in [0.4, 0.5) is 10.5 Å². The summed E-state index contributed by atoms with van der Waals surface area (Å²) in [5, 5.41) is 5.55. The van der Waals surface area contributed by atoms with E-state index in [2.05, 4.69) is 15.6 Å². The van der Waals surface area contributed by atoms with E-state index >= 15 is 0 Å². The molecule has 0 aliphatic carbocycles. The van der Waals surface area contributed by atoms with Crippen LogP contribution in [-0.2, 0) is 19.9 Å². The van der Waals surface area contributed by atoms with E-state index in [1.165, 1.54) is 0 Å². The lowest BCUT2D eigenvalue weighted by molar-refractivity contribution is -0.140. The Morgan fingerprint density at radius 1 is 1.09 bits per heavy atom. The molecule has 5 amide bonds. The van der Waals surface area contributed by atoms with Gasteiger partial charge in [0.15, 0.2) is 5.54 Å². The number of imide groups is 1. The van der Waals surface area contributed by atoms with Crippen molar-refractivity contribution in [1.29, 1.82) is 0 Å². The highest BCUT2D eigenvalue weighted by Gasteiger charge is 2.50. The van der Waals surface area contributed by atoms with Gasteiger partial charge in [0, 0.05) is 30.9 Å². The van der Waals surface area contributed by atoms with Gasteiger partial charge >= 0.3 is 6.03 Å². The molecule has 4 rings (SSSR count). The van der Waals surface area contributed by atoms with Crippen LogP contribution in [-0.4, -0.2) is 58.2 Å². The van der Waals surface area contributed by atoms with Crippen LogP contribution in [0, 0.1) is 5.92 Å². The van der Waals surface area contributed by atoms with E-state index in [4.69, 9.17) is 0 Å². The summed E-state index contributed by atoms with van der Waals surface area (Å²) >= 11 is 0. The topological polar surface area (TPSA) is 112 Å². The van der Waals surface area contributed by atoms with Gasteiger partial charge in [0.2, 0.25) is 11.8 Å². The number of aromatic nitrogens is 1. The van der Waals surface area contributed by atoms with Gasteiger partial charge in [0.05, 0.1) is 5.69 Å². The first-order valence-corrected chi connectivity index (χ1v) is 10.6. The molecule has 9 heteroatoms. The van der Waals surface area contributed by atoms with Crippen molar-refractivity contribution in [2.45, 2.75) is 25.3 Å². The van der Waals surface area contributed by atoms with E-state index in [0.29, 0.717) is 31.6 Å². The standard InChI is InChI=1S/C23H25N5O4/c1-23(18-9-5-6-12-24-18)21(31)28(22(32)26-23)15-19(29)27-13-10-16(11-14-27)20(30)25-17-7-3-2-4-8-17/h2-9,12,16H,10-11,13-15H2,1H3,(H,25,30)(H,26,32). The van der Waals surface area contributed by atoms with Crippen LogP contribution < -0.4 is 10.6 Å². The molecule has 2 N–H and O–H groups in total. The molecule has 0 bridgehead atoms. The van der Waals surface area contributed by atoms with Gasteiger partial charge in [0.25, 0.3) is 5.91 Å². The van der Waals surface area contributed by atoms with Crippen molar-refractivity contribution in [2.75, 3.05) is 25.0 Å². The first kappa shape index (κ1) is 21.5. The number of carbonyl (C=O) groups excluding carboxylic acids is 4. The van der Waals surface area contributed by atoms with Gasteiger partial charge in [-0.05, 0) is 44.0 Å². The normalized spacial score (nSPS) is 21.4. The maximum absolute atomic E-state index is 13.0. The second kappa shape index (κ2) is 8.78. The number of carbonyl (C=O) groups is 4. The molecule has 2 fully saturated rings. The first-order chi connectivity index (χ1) is 15.4. The minimum absolute atomic E-state index is 0.0662. The van der Waals surface area contributed by atoms with Crippen molar-refractivity contribution in [1.82, 2.24) is 20.1 Å². The quantitative estimate of drug-likeness (QED) is 0.695. The summed E-state index contributed by atoms with van der Waals surface area (Å²) in [5.41, 5.74) is -0.148. The van der Waals surface area contributed by atoms with E-state index in [1.54, 1.807) is 36.2 Å². The number of hydrogen-bond donors (Lipinski definition) is 2. The van der Waals surface area contributed by atoms with Crippen LogP contribution in [0.25, 0.3) is 0 Å². The predicted molar refractivity (Wildman–Crippen MR) is 116 cm³/mol. The zero-order chi connectivity index (χ0) is 22.7. The molecule has 1 aromatic carbocycles. The number of nitrogens with one attached hydrogen (secondary N) is 2. The number of benzene rings is 1. The summed E-state index contributed by atoms with van der Waals surface area (Å²) in [7, 11) is 0. The number of likely N-dealkylation sites (tertiary alicyclic amines) is 1. The predicted octanol–water partition coefficient (Wildman–Crippen LogP) is 1.73. The number of hydrogen-bond acceptors (Lipinski definition) is 5. The molecule has 2 aliphatic rings. The maximum Gasteiger partial charge on any atom is 0.325 e. The Hall–Kier alpha value is -3.75. The van der Waals surface area contributed by atoms with Gasteiger partial charge in [-0.1, -0.05) is 24.3 Å². The number of para-hydroxylation sites is 1. The van der Waals surface area contributed by atoms with Crippen molar-refractivity contribution in [3.8, 4) is 0 Å². The monoisotopic (exact) mass is 435 g/mol. The average molecular weight is 435 g/mol. The third-order valence-corrected chi connectivity index (χ3v) is 6.01. The molecule has 3 heterocycles. The molecule has 1 aromatic heterocycles. The largest absolute Gasteiger partial charge is 0.341 e. The molecule has 0 spiro atoms. The van der Waals surface area contributed by atoms with Gasteiger partial charge in [-0.2, -0.15) is 0 Å². The lowest BCUT2D eigenvalue weighted by atomic mass is 9.95. The Balaban J connectivity index is 1.33. The van der Waals surface area contributed by atoms with E-state index in [-0.39, 0.29) is 24.3 Å². The first-order valence-electron chi connectivity index (χ1n) is 10.6. The van der Waals surface area contributed by atoms with Gasteiger partial charge in [0.1, 0.15) is 6.54 Å². The average Bonchev–Trinajstić information content (AvgIpc) is 3.04. The second-order valence-corrected chi connectivity index (χ2v) is 8.17. The molecule has 2 aromatic rings. The SMILES string of the molecule is CC1(c2ccccn2)NC(=O)N(CC(=O)N2CCC(C(=O)Nc3ccccc3)CC2)C1=O. The number of nitrogens with zero attached hydrogens (tertiary/aromatic N) is 3. The number of rotatable bonds is 5. The van der Waals surface area contributed by atoms with Crippen LogP contribution in [0.3, 0.4) is 0 Å². The molecular formula is C23H25N5O4. The van der Waals surface area contributed by atoms with E-state index in [9.17, 15) is 19.2 Å². The molecule has 2 aliphatic heterocycles. The van der Waals surface area contributed by atoms with Crippen LogP contribution in [0.15, 0.2) is 54.7 Å². The fourth-order valence-electron chi connectivity index (χ4n) is 4.06. The molecule has 2 saturated heterocycles. The third-order valence-electron chi connectivity index (χ3n) is 6.01. The molecule has 9 nitrogen and oxygen atoms in total. The van der Waals surface area contributed by atoms with Crippen molar-refractivity contribution in [2.24, 2.45) is 5.92 Å². The lowest BCUT2D eigenvalue weighted by Gasteiger charge is -2.32. The third kappa shape index (κ3) is 4.18. The highest BCUT2D eigenvalue weighted by atomic mass is 16.2. The molecule has 1 unspecified atom stereocenters. The van der Waals surface area contributed by atoms with E-state index < -0.39 is 17.5 Å². The maximum atomic E-state index is 13.0. The summed E-state index contributed by atoms with van der Waals surface area (Å²) in [6, 6.07) is 13.7. The summed E-state index contributed by atoms with van der Waals surface area (Å²) in [6.07, 6.45) is 2.60. The zero-order valence-corrected chi connectivity index (χ0v) is 17.8. The summed E-state index contributed by atoms with van der Waals surface area (Å²) in [5.74, 6) is -1.08. The highest BCUT2D eigenvalue weighted by Crippen LogP contribution is 2.27. The van der Waals surface area contributed by atoms with Crippen molar-refractivity contribution in [3.05, 3.63) is 60.4 Å². The van der Waals surface area contributed by atoms with Gasteiger partial charge < -0.3 is 15.5 Å². The summed E-state index contributed by atoms with van der Waals surface area (Å²) in [4.78, 5) is 57.4. The van der Waals surface area contributed by atoms with E-state index in [0.717, 1.165) is 10.6 Å². The number of anilines is 1. The molecule has 32 heavy (non-hydrogen) atoms. The Bertz CT molecular complexity index is 1020. The highest BCUT2D eigenvalue weighted by molar-refractivity contribution is 6.09. The van der Waals surface area contributed by atoms with Gasteiger partial charge in [-0.3, -0.25) is 24.3 Å². The lowest BCUT2D eigenvalue weighted by Crippen LogP contribution is -2.47. The van der Waals surface area contributed by atoms with Crippen molar-refractivity contribution >= 4 is 29.4 Å². The molecule has 0 saturated carbocycles. The fourth-order valence-corrected chi connectivity index (χ4v) is 4.06. The van der Waals surface area contributed by atoms with E-state index in [1.807, 2.05) is 30.3 Å². The molecule has 166 valence electrons. The smallest absolute Gasteiger partial charge is 0.325 e. The molecule has 1 atom stereocenters. The minimum atomic E-state index is -1.30. The Labute approximate surface area is 185 Å². The zero-order valence-electron chi connectivity index (χ0n) is 17.8. The summed E-state index contributed by atoms with van der Waals surface area (Å²) < 4.78 is 0. The van der Waals surface area contributed by atoms with Crippen LogP contribution in [0.1, 0.15) is 25.5 Å². The molecule has 0 radical (unpaired) electrons. The second-order valence-electron chi connectivity index (χ2n) is 8.17. The van der Waals surface area contributed by atoms with Crippen LogP contribution in [0.2, 0.25) is 0 Å². The van der Waals surface area contributed by atoms with Crippen LogP contribution in [0.5, 0.6) is 0 Å². The number of urea groups is 1. The fraction of sp³-hybridized carbons (Fsp3) is 0.348. The number of pyridine rings is 1. The Morgan fingerprint density at radius 2 is 1.78 bits per heavy atom. The summed E-state index contributed by atoms with van der Waals surface area (Å²) in [6.45, 7) is 2.03. The van der Waals surface area contributed by atoms with Crippen LogP contribution >= 0.6 is 0 Å². The number of piperidine rings is 1. The number of amides is 5. The van der Waals surface area contributed by atoms with Gasteiger partial charge in [-0.15, -0.1) is 0 Å².